The number of hydroxylamine groups is 2. The lowest BCUT2D eigenvalue weighted by molar-refractivity contribution is -0.246. The van der Waals surface area contributed by atoms with Crippen molar-refractivity contribution in [3.63, 3.8) is 0 Å². The Morgan fingerprint density at radius 1 is 0.923 bits per heavy atom. The highest BCUT2D eigenvalue weighted by Crippen LogP contribution is 2.39. The van der Waals surface area contributed by atoms with Crippen LogP contribution in [-0.4, -0.2) is 58.4 Å². The number of likely N-dealkylation sites (tertiary alicyclic amines) is 1. The first-order chi connectivity index (χ1) is 18.4. The summed E-state index contributed by atoms with van der Waals surface area (Å²) in [4.78, 5) is 35.4. The zero-order valence-corrected chi connectivity index (χ0v) is 22.7. The summed E-state index contributed by atoms with van der Waals surface area (Å²) >= 11 is 0. The lowest BCUT2D eigenvalue weighted by Crippen LogP contribution is -2.53. The molecular weight excluding hydrogens is 490 g/mol. The standard InChI is InChI=1S/C31H32N5O3/c1-30(2)17-27(31(3,4)36(30)39)34-18-28(37)35-19-23(15-21-7-11-25(32-5)12-8-21)29(38)24(20-35)16-22-9-13-26(33-6)14-10-22/h7-16,27,34H,17-20H2,1-4H3/b23-15+,24-16+/t27-/m1/s1. The fraction of sp³-hybridized carbons (Fsp3) is 0.355. The number of nitrogens with one attached hydrogen (secondary N) is 1. The van der Waals surface area contributed by atoms with Gasteiger partial charge < -0.3 is 10.2 Å². The zero-order chi connectivity index (χ0) is 28.4. The highest BCUT2D eigenvalue weighted by atomic mass is 16.5. The third-order valence-corrected chi connectivity index (χ3v) is 7.51. The summed E-state index contributed by atoms with van der Waals surface area (Å²) < 4.78 is 0. The molecule has 2 saturated heterocycles. The summed E-state index contributed by atoms with van der Waals surface area (Å²) in [6.45, 7) is 22.3. The van der Waals surface area contributed by atoms with Crippen LogP contribution in [0.3, 0.4) is 0 Å². The van der Waals surface area contributed by atoms with Gasteiger partial charge in [-0.1, -0.05) is 48.5 Å². The predicted octanol–water partition coefficient (Wildman–Crippen LogP) is 5.23. The molecule has 8 nitrogen and oxygen atoms in total. The number of Topliss-reactive ketones (excluding diaryl/α,β-unsaturated/α-hetero) is 1. The van der Waals surface area contributed by atoms with Gasteiger partial charge in [0.15, 0.2) is 17.2 Å². The summed E-state index contributed by atoms with van der Waals surface area (Å²) in [7, 11) is 0. The fourth-order valence-electron chi connectivity index (χ4n) is 5.31. The molecule has 1 atom stereocenters. The number of rotatable bonds is 5. The van der Waals surface area contributed by atoms with Gasteiger partial charge in [-0.05, 0) is 57.4 Å². The molecule has 0 spiro atoms. The molecule has 39 heavy (non-hydrogen) atoms. The van der Waals surface area contributed by atoms with Gasteiger partial charge in [0.2, 0.25) is 5.91 Å². The Morgan fingerprint density at radius 2 is 1.38 bits per heavy atom. The molecule has 199 valence electrons. The smallest absolute Gasteiger partial charge is 0.237 e. The number of ketones is 1. The zero-order valence-electron chi connectivity index (χ0n) is 22.7. The Kier molecular flexibility index (Phi) is 7.85. The van der Waals surface area contributed by atoms with E-state index in [0.717, 1.165) is 16.2 Å². The maximum atomic E-state index is 13.5. The number of hydrogen-bond donors (Lipinski definition) is 1. The SMILES string of the molecule is [C-]#[N+]c1ccc(/C=C2\CN(C(=O)CN[C@@H]3CC(C)(C)N([O])C3(C)C)C/C(=C\c3ccc([N+]#[C-])cc3)C2=O)cc1. The average molecular weight is 523 g/mol. The first-order valence-corrected chi connectivity index (χ1v) is 12.8. The van der Waals surface area contributed by atoms with Crippen LogP contribution in [-0.2, 0) is 14.8 Å². The van der Waals surface area contributed by atoms with Gasteiger partial charge in [-0.3, -0.25) is 9.59 Å². The number of carbonyl (C=O) groups excluding carboxylic acids is 2. The maximum absolute atomic E-state index is 13.5. The normalized spacial score (nSPS) is 22.6. The van der Waals surface area contributed by atoms with Gasteiger partial charge in [0.05, 0.1) is 25.2 Å². The van der Waals surface area contributed by atoms with E-state index in [0.29, 0.717) is 28.9 Å². The average Bonchev–Trinajstić information content (AvgIpc) is 3.08. The van der Waals surface area contributed by atoms with E-state index in [2.05, 4.69) is 15.0 Å². The Balaban J connectivity index is 1.59. The molecule has 0 aliphatic carbocycles. The third kappa shape index (κ3) is 6.00. The second kappa shape index (κ2) is 11.0. The van der Waals surface area contributed by atoms with Gasteiger partial charge in [-0.25, -0.2) is 9.69 Å². The number of carbonyl (C=O) groups is 2. The number of piperidine rings is 1. The van der Waals surface area contributed by atoms with Gasteiger partial charge in [-0.2, -0.15) is 0 Å². The molecule has 2 heterocycles. The van der Waals surface area contributed by atoms with Crippen LogP contribution >= 0.6 is 0 Å². The van der Waals surface area contributed by atoms with Crippen LogP contribution in [0.5, 0.6) is 0 Å². The van der Waals surface area contributed by atoms with Crippen molar-refractivity contribution in [2.45, 2.75) is 51.2 Å². The molecule has 0 bridgehead atoms. The maximum Gasteiger partial charge on any atom is 0.237 e. The molecule has 0 unspecified atom stereocenters. The summed E-state index contributed by atoms with van der Waals surface area (Å²) in [5.74, 6) is -0.305. The van der Waals surface area contributed by atoms with E-state index in [1.54, 1.807) is 65.6 Å². The minimum Gasteiger partial charge on any atom is -0.333 e. The van der Waals surface area contributed by atoms with Crippen LogP contribution in [0.25, 0.3) is 21.8 Å². The van der Waals surface area contributed by atoms with Crippen molar-refractivity contribution in [3.8, 4) is 0 Å². The number of hydrogen-bond acceptors (Lipinski definition) is 4. The molecule has 0 saturated carbocycles. The van der Waals surface area contributed by atoms with E-state index in [4.69, 9.17) is 13.1 Å². The van der Waals surface area contributed by atoms with Gasteiger partial charge in [0.1, 0.15) is 0 Å². The summed E-state index contributed by atoms with van der Waals surface area (Å²) in [6.07, 6.45) is 4.14. The van der Waals surface area contributed by atoms with Crippen LogP contribution in [0.4, 0.5) is 11.4 Å². The Bertz CT molecular complexity index is 1330. The minimum absolute atomic E-state index is 0.0478. The van der Waals surface area contributed by atoms with Crippen LogP contribution in [0, 0.1) is 13.1 Å². The second-order valence-electron chi connectivity index (χ2n) is 11.2. The topological polar surface area (TPSA) is 81.3 Å². The molecule has 2 fully saturated rings. The summed E-state index contributed by atoms with van der Waals surface area (Å²) in [5, 5.41) is 17.2. The minimum atomic E-state index is -0.660. The van der Waals surface area contributed by atoms with E-state index in [1.165, 1.54) is 0 Å². The highest BCUT2D eigenvalue weighted by Gasteiger charge is 2.52. The van der Waals surface area contributed by atoms with Gasteiger partial charge in [-0.15, -0.1) is 10.3 Å². The van der Waals surface area contributed by atoms with Gasteiger partial charge in [0.25, 0.3) is 0 Å². The number of amides is 1. The molecule has 0 aromatic heterocycles. The molecule has 8 heteroatoms. The molecule has 2 aromatic rings. The third-order valence-electron chi connectivity index (χ3n) is 7.51. The lowest BCUT2D eigenvalue weighted by atomic mass is 9.93. The van der Waals surface area contributed by atoms with Crippen molar-refractivity contribution in [1.82, 2.24) is 15.3 Å². The van der Waals surface area contributed by atoms with Crippen molar-refractivity contribution >= 4 is 35.2 Å². The Morgan fingerprint density at radius 3 is 1.77 bits per heavy atom. The first kappa shape index (κ1) is 27.9. The summed E-state index contributed by atoms with van der Waals surface area (Å²) in [5.41, 5.74) is 2.31. The van der Waals surface area contributed by atoms with Gasteiger partial charge in [0, 0.05) is 35.8 Å². The van der Waals surface area contributed by atoms with E-state index >= 15 is 0 Å². The van der Waals surface area contributed by atoms with Crippen molar-refractivity contribution in [3.05, 3.63) is 93.6 Å². The first-order valence-electron chi connectivity index (χ1n) is 12.8. The van der Waals surface area contributed by atoms with Crippen molar-refractivity contribution < 1.29 is 14.8 Å². The molecular formula is C31H32N5O3. The molecule has 4 rings (SSSR count). The van der Waals surface area contributed by atoms with Crippen LogP contribution in [0.15, 0.2) is 59.7 Å². The van der Waals surface area contributed by atoms with E-state index in [-0.39, 0.29) is 37.4 Å². The molecule has 2 aromatic carbocycles. The van der Waals surface area contributed by atoms with Crippen LogP contribution in [0.2, 0.25) is 0 Å². The van der Waals surface area contributed by atoms with E-state index in [9.17, 15) is 14.8 Å². The lowest BCUT2D eigenvalue weighted by Gasteiger charge is -2.34. The summed E-state index contributed by atoms with van der Waals surface area (Å²) in [6, 6.07) is 13.7. The van der Waals surface area contributed by atoms with Crippen molar-refractivity contribution in [1.29, 1.82) is 0 Å². The number of benzene rings is 2. The van der Waals surface area contributed by atoms with Crippen LogP contribution < -0.4 is 5.32 Å². The molecule has 1 N–H and O–H groups in total. The number of nitrogens with zero attached hydrogens (tertiary/aromatic N) is 4. The molecule has 2 aliphatic heterocycles. The van der Waals surface area contributed by atoms with E-state index in [1.807, 2.05) is 27.7 Å². The van der Waals surface area contributed by atoms with Gasteiger partial charge >= 0.3 is 0 Å². The Labute approximate surface area is 229 Å². The van der Waals surface area contributed by atoms with E-state index < -0.39 is 11.1 Å². The predicted molar refractivity (Wildman–Crippen MR) is 150 cm³/mol. The fourth-order valence-corrected chi connectivity index (χ4v) is 5.31. The molecule has 1 radical (unpaired) electrons. The van der Waals surface area contributed by atoms with Crippen molar-refractivity contribution in [2.75, 3.05) is 19.6 Å². The Hall–Kier alpha value is -4.08. The monoisotopic (exact) mass is 522 g/mol. The quantitative estimate of drug-likeness (QED) is 0.431. The molecule has 2 aliphatic rings. The highest BCUT2D eigenvalue weighted by molar-refractivity contribution is 6.15. The molecule has 1 amide bonds. The van der Waals surface area contributed by atoms with Crippen LogP contribution in [0.1, 0.15) is 45.2 Å². The second-order valence-corrected chi connectivity index (χ2v) is 11.2. The van der Waals surface area contributed by atoms with Crippen molar-refractivity contribution in [2.24, 2.45) is 0 Å². The largest absolute Gasteiger partial charge is 0.333 e.